The van der Waals surface area contributed by atoms with Crippen molar-refractivity contribution in [1.82, 2.24) is 9.88 Å². The first-order chi connectivity index (χ1) is 8.87. The number of nitrogens with zero attached hydrogens (tertiary/aromatic N) is 1. The third-order valence-corrected chi connectivity index (χ3v) is 3.15. The molecule has 4 heteroatoms. The lowest BCUT2D eigenvalue weighted by atomic mass is 10.1. The molecule has 0 spiro atoms. The van der Waals surface area contributed by atoms with E-state index in [1.54, 1.807) is 7.05 Å². The summed E-state index contributed by atoms with van der Waals surface area (Å²) >= 11 is 0. The number of oxazole rings is 1. The summed E-state index contributed by atoms with van der Waals surface area (Å²) in [6.45, 7) is 7.48. The normalized spacial score (nSPS) is 12.2. The van der Waals surface area contributed by atoms with Crippen molar-refractivity contribution in [2.45, 2.75) is 39.2 Å². The van der Waals surface area contributed by atoms with Gasteiger partial charge in [0.2, 0.25) is 0 Å². The number of rotatable bonds is 4. The summed E-state index contributed by atoms with van der Waals surface area (Å²) in [6, 6.07) is 5.98. The van der Waals surface area contributed by atoms with E-state index in [1.807, 2.05) is 12.1 Å². The Kier molecular flexibility index (Phi) is 3.80. The second-order valence-corrected chi connectivity index (χ2v) is 6.01. The molecule has 0 saturated carbocycles. The van der Waals surface area contributed by atoms with Gasteiger partial charge in [0.1, 0.15) is 0 Å². The van der Waals surface area contributed by atoms with Crippen molar-refractivity contribution in [3.8, 4) is 0 Å². The topological polar surface area (TPSA) is 47.2 Å². The van der Waals surface area contributed by atoms with Gasteiger partial charge in [0, 0.05) is 12.6 Å². The summed E-state index contributed by atoms with van der Waals surface area (Å²) in [5, 5.41) is 3.46. The van der Waals surface area contributed by atoms with Crippen molar-refractivity contribution in [3.05, 3.63) is 34.3 Å². The fourth-order valence-corrected chi connectivity index (χ4v) is 2.09. The van der Waals surface area contributed by atoms with E-state index in [1.165, 1.54) is 10.1 Å². The smallest absolute Gasteiger partial charge is 0.408 e. The fourth-order valence-electron chi connectivity index (χ4n) is 2.09. The summed E-state index contributed by atoms with van der Waals surface area (Å²) in [5.41, 5.74) is 2.89. The number of fused-ring (bicyclic) bond motifs is 1. The number of hydrogen-bond donors (Lipinski definition) is 1. The molecule has 0 unspecified atom stereocenters. The second-order valence-electron chi connectivity index (χ2n) is 6.01. The molecule has 0 aliphatic carbocycles. The molecule has 2 rings (SSSR count). The van der Waals surface area contributed by atoms with E-state index < -0.39 is 0 Å². The van der Waals surface area contributed by atoms with Gasteiger partial charge in [-0.1, -0.05) is 6.07 Å². The van der Waals surface area contributed by atoms with Crippen molar-refractivity contribution in [2.24, 2.45) is 7.05 Å². The van der Waals surface area contributed by atoms with Gasteiger partial charge in [0.15, 0.2) is 5.58 Å². The summed E-state index contributed by atoms with van der Waals surface area (Å²) in [5.74, 6) is -0.304. The van der Waals surface area contributed by atoms with Gasteiger partial charge in [-0.25, -0.2) is 4.79 Å². The quantitative estimate of drug-likeness (QED) is 0.861. The maximum absolute atomic E-state index is 11.4. The van der Waals surface area contributed by atoms with Gasteiger partial charge in [-0.3, -0.25) is 4.57 Å². The van der Waals surface area contributed by atoms with Crippen LogP contribution < -0.4 is 11.1 Å². The Morgan fingerprint density at radius 1 is 1.32 bits per heavy atom. The summed E-state index contributed by atoms with van der Waals surface area (Å²) in [7, 11) is 1.72. The molecule has 0 atom stereocenters. The van der Waals surface area contributed by atoms with E-state index in [-0.39, 0.29) is 11.3 Å². The summed E-state index contributed by atoms with van der Waals surface area (Å²) < 4.78 is 6.72. The highest BCUT2D eigenvalue weighted by Crippen LogP contribution is 2.15. The van der Waals surface area contributed by atoms with Gasteiger partial charge < -0.3 is 9.73 Å². The van der Waals surface area contributed by atoms with Crippen LogP contribution >= 0.6 is 0 Å². The predicted molar refractivity (Wildman–Crippen MR) is 77.5 cm³/mol. The van der Waals surface area contributed by atoms with Gasteiger partial charge in [-0.15, -0.1) is 0 Å². The first-order valence-electron chi connectivity index (χ1n) is 6.70. The molecule has 104 valence electrons. The number of nitrogens with one attached hydrogen (secondary N) is 1. The summed E-state index contributed by atoms with van der Waals surface area (Å²) in [6.07, 6.45) is 2.05. The van der Waals surface area contributed by atoms with Gasteiger partial charge in [-0.2, -0.15) is 0 Å². The Labute approximate surface area is 113 Å². The van der Waals surface area contributed by atoms with E-state index in [4.69, 9.17) is 4.42 Å². The first-order valence-corrected chi connectivity index (χ1v) is 6.70. The van der Waals surface area contributed by atoms with Crippen LogP contribution in [0.5, 0.6) is 0 Å². The minimum absolute atomic E-state index is 0.163. The van der Waals surface area contributed by atoms with E-state index >= 15 is 0 Å². The highest BCUT2D eigenvalue weighted by atomic mass is 16.4. The van der Waals surface area contributed by atoms with Crippen LogP contribution in [0.25, 0.3) is 11.1 Å². The zero-order valence-electron chi connectivity index (χ0n) is 12.1. The average molecular weight is 262 g/mol. The SMILES string of the molecule is Cn1c(=O)oc2cc(CCCNC(C)(C)C)ccc21. The van der Waals surface area contributed by atoms with E-state index in [0.29, 0.717) is 5.58 Å². The number of aromatic nitrogens is 1. The number of benzene rings is 1. The minimum atomic E-state index is -0.304. The third-order valence-electron chi connectivity index (χ3n) is 3.15. The third kappa shape index (κ3) is 3.47. The van der Waals surface area contributed by atoms with Crippen molar-refractivity contribution >= 4 is 11.1 Å². The molecule has 0 saturated heterocycles. The lowest BCUT2D eigenvalue weighted by molar-refractivity contribution is 0.422. The summed E-state index contributed by atoms with van der Waals surface area (Å²) in [4.78, 5) is 11.4. The van der Waals surface area contributed by atoms with Crippen LogP contribution in [0.2, 0.25) is 0 Å². The van der Waals surface area contributed by atoms with Crippen molar-refractivity contribution in [2.75, 3.05) is 6.54 Å². The lowest BCUT2D eigenvalue weighted by Crippen LogP contribution is -2.36. The van der Waals surface area contributed by atoms with Crippen LogP contribution in [-0.4, -0.2) is 16.7 Å². The lowest BCUT2D eigenvalue weighted by Gasteiger charge is -2.20. The van der Waals surface area contributed by atoms with Gasteiger partial charge in [0.25, 0.3) is 0 Å². The molecule has 1 aromatic heterocycles. The molecule has 1 N–H and O–H groups in total. The van der Waals surface area contributed by atoms with E-state index in [2.05, 4.69) is 32.2 Å². The fraction of sp³-hybridized carbons (Fsp3) is 0.533. The standard InChI is InChI=1S/C15H22N2O2/c1-15(2,3)16-9-5-6-11-7-8-12-13(10-11)19-14(18)17(12)4/h7-8,10,16H,5-6,9H2,1-4H3. The maximum atomic E-state index is 11.4. The molecular formula is C15H22N2O2. The average Bonchev–Trinajstić information content (AvgIpc) is 2.59. The zero-order chi connectivity index (χ0) is 14.0. The largest absolute Gasteiger partial charge is 0.419 e. The molecular weight excluding hydrogens is 240 g/mol. The first kappa shape index (κ1) is 13.9. The second kappa shape index (κ2) is 5.21. The molecule has 19 heavy (non-hydrogen) atoms. The Hall–Kier alpha value is -1.55. The minimum Gasteiger partial charge on any atom is -0.408 e. The Balaban J connectivity index is 2.00. The van der Waals surface area contributed by atoms with Gasteiger partial charge in [0.05, 0.1) is 5.52 Å². The maximum Gasteiger partial charge on any atom is 0.419 e. The molecule has 1 heterocycles. The predicted octanol–water partition coefficient (Wildman–Crippen LogP) is 2.45. The zero-order valence-corrected chi connectivity index (χ0v) is 12.1. The molecule has 0 aliphatic heterocycles. The Morgan fingerprint density at radius 3 is 2.74 bits per heavy atom. The molecule has 0 bridgehead atoms. The van der Waals surface area contributed by atoms with Crippen LogP contribution in [0.1, 0.15) is 32.8 Å². The Bertz CT molecular complexity index is 617. The molecule has 1 aromatic carbocycles. The van der Waals surface area contributed by atoms with Crippen molar-refractivity contribution in [1.29, 1.82) is 0 Å². The molecule has 2 aromatic rings. The van der Waals surface area contributed by atoms with E-state index in [0.717, 1.165) is 24.9 Å². The molecule has 0 amide bonds. The highest BCUT2D eigenvalue weighted by Gasteiger charge is 2.08. The van der Waals surface area contributed by atoms with Crippen LogP contribution in [-0.2, 0) is 13.5 Å². The highest BCUT2D eigenvalue weighted by molar-refractivity contribution is 5.73. The van der Waals surface area contributed by atoms with Gasteiger partial charge >= 0.3 is 5.76 Å². The van der Waals surface area contributed by atoms with Crippen LogP contribution in [0.4, 0.5) is 0 Å². The van der Waals surface area contributed by atoms with Gasteiger partial charge in [-0.05, 0) is 57.9 Å². The molecule has 0 radical (unpaired) electrons. The van der Waals surface area contributed by atoms with Crippen LogP contribution in [0.15, 0.2) is 27.4 Å². The van der Waals surface area contributed by atoms with E-state index in [9.17, 15) is 4.79 Å². The monoisotopic (exact) mass is 262 g/mol. The Morgan fingerprint density at radius 2 is 2.05 bits per heavy atom. The molecule has 0 aliphatic rings. The molecule has 4 nitrogen and oxygen atoms in total. The number of hydrogen-bond acceptors (Lipinski definition) is 3. The van der Waals surface area contributed by atoms with Crippen LogP contribution in [0.3, 0.4) is 0 Å². The number of aryl methyl sites for hydroxylation is 2. The van der Waals surface area contributed by atoms with Crippen LogP contribution in [0, 0.1) is 0 Å². The van der Waals surface area contributed by atoms with Crippen molar-refractivity contribution < 1.29 is 4.42 Å². The van der Waals surface area contributed by atoms with Crippen molar-refractivity contribution in [3.63, 3.8) is 0 Å². The molecule has 0 fully saturated rings.